The fourth-order valence-electron chi connectivity index (χ4n) is 3.11. The average molecular weight is 464 g/mol. The number of aryl methyl sites for hydroxylation is 1. The zero-order valence-electron chi connectivity index (χ0n) is 17.0. The minimum atomic E-state index is -4.78. The molecule has 1 radical (unpaired) electrons. The van der Waals surface area contributed by atoms with Crippen molar-refractivity contribution in [2.45, 2.75) is 38.6 Å². The van der Waals surface area contributed by atoms with Crippen molar-refractivity contribution in [2.75, 3.05) is 0 Å². The Labute approximate surface area is 187 Å². The molecule has 169 valence electrons. The summed E-state index contributed by atoms with van der Waals surface area (Å²) in [5, 5.41) is 11.4. The van der Waals surface area contributed by atoms with E-state index in [1.54, 1.807) is 12.1 Å². The average Bonchev–Trinajstić information content (AvgIpc) is 3.20. The van der Waals surface area contributed by atoms with E-state index in [2.05, 4.69) is 27.2 Å². The highest BCUT2D eigenvalue weighted by molar-refractivity contribution is 7.13. The zero-order valence-corrected chi connectivity index (χ0v) is 17.8. The summed E-state index contributed by atoms with van der Waals surface area (Å²) in [4.78, 5) is 24.3. The lowest BCUT2D eigenvalue weighted by Crippen LogP contribution is -2.25. The van der Waals surface area contributed by atoms with Crippen molar-refractivity contribution in [3.8, 4) is 5.75 Å². The summed E-state index contributed by atoms with van der Waals surface area (Å²) in [5.41, 5.74) is -0.267. The van der Waals surface area contributed by atoms with E-state index in [1.807, 2.05) is 12.2 Å². The Kier molecular flexibility index (Phi) is 7.44. The second-order valence-electron chi connectivity index (χ2n) is 7.32. The summed E-state index contributed by atoms with van der Waals surface area (Å²) in [6.45, 7) is 4.04. The molecule has 0 bridgehead atoms. The van der Waals surface area contributed by atoms with Gasteiger partial charge in [0.15, 0.2) is 5.78 Å². The van der Waals surface area contributed by atoms with E-state index in [9.17, 15) is 22.8 Å². The highest BCUT2D eigenvalue weighted by atomic mass is 32.1. The number of hydrogen-bond donors (Lipinski definition) is 1. The Hall–Kier alpha value is -3.01. The molecular formula is C22H21F3N3O3S. The van der Waals surface area contributed by atoms with Gasteiger partial charge in [-0.05, 0) is 43.5 Å². The van der Waals surface area contributed by atoms with Crippen LogP contribution in [0.4, 0.5) is 13.2 Å². The number of ketones is 1. The number of amides is 1. The number of unbranched alkanes of at least 4 members (excludes halogenated alkanes) is 1. The predicted octanol–water partition coefficient (Wildman–Crippen LogP) is 4.60. The predicted molar refractivity (Wildman–Crippen MR) is 113 cm³/mol. The first-order chi connectivity index (χ1) is 15.1. The second kappa shape index (κ2) is 10.1. The molecule has 1 aliphatic carbocycles. The molecule has 2 aromatic rings. The molecule has 10 heteroatoms. The largest absolute Gasteiger partial charge is 0.573 e. The minimum absolute atomic E-state index is 0.00891. The van der Waals surface area contributed by atoms with Crippen molar-refractivity contribution in [1.82, 2.24) is 15.5 Å². The summed E-state index contributed by atoms with van der Waals surface area (Å²) in [6, 6.07) is 5.38. The van der Waals surface area contributed by atoms with E-state index >= 15 is 0 Å². The lowest BCUT2D eigenvalue weighted by molar-refractivity contribution is -0.274. The number of nitrogens with one attached hydrogen (secondary N) is 1. The Morgan fingerprint density at radius 3 is 2.78 bits per heavy atom. The maximum absolute atomic E-state index is 12.3. The molecule has 1 aliphatic rings. The molecule has 32 heavy (non-hydrogen) atoms. The van der Waals surface area contributed by atoms with Crippen LogP contribution in [0.15, 0.2) is 48.6 Å². The van der Waals surface area contributed by atoms with Gasteiger partial charge < -0.3 is 10.1 Å². The lowest BCUT2D eigenvalue weighted by Gasteiger charge is -2.24. The number of nitrogens with zero attached hydrogens (tertiary/aromatic N) is 2. The quantitative estimate of drug-likeness (QED) is 0.549. The zero-order chi connectivity index (χ0) is 23.2. The van der Waals surface area contributed by atoms with Crippen LogP contribution in [-0.4, -0.2) is 28.3 Å². The summed E-state index contributed by atoms with van der Waals surface area (Å²) in [5.74, 6) is -0.823. The molecule has 0 saturated carbocycles. The van der Waals surface area contributed by atoms with E-state index in [-0.39, 0.29) is 23.1 Å². The van der Waals surface area contributed by atoms with E-state index in [0.717, 1.165) is 24.2 Å². The Morgan fingerprint density at radius 2 is 2.03 bits per heavy atom. The van der Waals surface area contributed by atoms with Gasteiger partial charge in [-0.15, -0.1) is 23.4 Å². The standard InChI is InChI=1S/C22H21F3N3O3S/c1-21(11-4-2-9-17(21)29)12-5-3-10-18-27-28-20(32-18)19(30)26-14-15-7-6-8-16(13-15)31-22(23,24)25/h2,4,6-9,11,13H,1,3,5,10,12,14H2,(H,26,30). The van der Waals surface area contributed by atoms with Crippen LogP contribution in [-0.2, 0) is 17.8 Å². The number of halogens is 3. The van der Waals surface area contributed by atoms with Crippen LogP contribution in [0.3, 0.4) is 0 Å². The molecule has 1 heterocycles. The van der Waals surface area contributed by atoms with Gasteiger partial charge in [-0.25, -0.2) is 0 Å². The number of hydrogen-bond acceptors (Lipinski definition) is 6. The number of allylic oxidation sites excluding steroid dienone is 4. The molecule has 1 aromatic carbocycles. The lowest BCUT2D eigenvalue weighted by atomic mass is 9.78. The topological polar surface area (TPSA) is 81.2 Å². The smallest absolute Gasteiger partial charge is 0.406 e. The van der Waals surface area contributed by atoms with Crippen LogP contribution < -0.4 is 10.1 Å². The highest BCUT2D eigenvalue weighted by Gasteiger charge is 2.31. The van der Waals surface area contributed by atoms with Gasteiger partial charge in [0.1, 0.15) is 10.8 Å². The van der Waals surface area contributed by atoms with E-state index < -0.39 is 17.7 Å². The number of alkyl halides is 3. The third-order valence-corrected chi connectivity index (χ3v) is 5.76. The summed E-state index contributed by atoms with van der Waals surface area (Å²) < 4.78 is 40.8. The maximum Gasteiger partial charge on any atom is 0.573 e. The molecule has 1 N–H and O–H groups in total. The number of rotatable bonds is 9. The molecule has 1 aromatic heterocycles. The molecule has 1 unspecified atom stereocenters. The fourth-order valence-corrected chi connectivity index (χ4v) is 3.91. The number of aromatic nitrogens is 2. The normalized spacial score (nSPS) is 18.1. The Morgan fingerprint density at radius 1 is 1.22 bits per heavy atom. The van der Waals surface area contributed by atoms with Gasteiger partial charge in [-0.1, -0.05) is 48.1 Å². The van der Waals surface area contributed by atoms with Crippen LogP contribution in [0.25, 0.3) is 0 Å². The van der Waals surface area contributed by atoms with E-state index in [0.29, 0.717) is 23.4 Å². The molecule has 0 aliphatic heterocycles. The highest BCUT2D eigenvalue weighted by Crippen LogP contribution is 2.30. The van der Waals surface area contributed by atoms with Crippen LogP contribution in [0.1, 0.15) is 39.6 Å². The first-order valence-corrected chi connectivity index (χ1v) is 10.7. The second-order valence-corrected chi connectivity index (χ2v) is 8.39. The van der Waals surface area contributed by atoms with Gasteiger partial charge in [0.2, 0.25) is 5.01 Å². The summed E-state index contributed by atoms with van der Waals surface area (Å²) >= 11 is 1.16. The van der Waals surface area contributed by atoms with Gasteiger partial charge in [0.05, 0.1) is 5.41 Å². The summed E-state index contributed by atoms with van der Waals surface area (Å²) in [6.07, 6.45) is 4.86. The SMILES string of the molecule is [CH2]C1(CCCCc2nnc(C(=O)NCc3cccc(OC(F)(F)F)c3)s2)C=CC=CC1=O. The number of benzene rings is 1. The minimum Gasteiger partial charge on any atom is -0.406 e. The number of carbonyl (C=O) groups excluding carboxylic acids is 2. The number of carbonyl (C=O) groups is 2. The van der Waals surface area contributed by atoms with Gasteiger partial charge in [-0.3, -0.25) is 9.59 Å². The monoisotopic (exact) mass is 464 g/mol. The van der Waals surface area contributed by atoms with Crippen LogP contribution >= 0.6 is 11.3 Å². The first-order valence-electron chi connectivity index (χ1n) is 9.86. The molecule has 1 atom stereocenters. The van der Waals surface area contributed by atoms with Crippen LogP contribution in [0.2, 0.25) is 0 Å². The Bertz CT molecular complexity index is 1030. The van der Waals surface area contributed by atoms with Crippen molar-refractivity contribution in [3.05, 3.63) is 71.1 Å². The molecule has 0 spiro atoms. The molecule has 0 saturated heterocycles. The van der Waals surface area contributed by atoms with Gasteiger partial charge in [0.25, 0.3) is 5.91 Å². The van der Waals surface area contributed by atoms with E-state index in [1.165, 1.54) is 24.3 Å². The third kappa shape index (κ3) is 6.74. The summed E-state index contributed by atoms with van der Waals surface area (Å²) in [7, 11) is 0. The van der Waals surface area contributed by atoms with E-state index in [4.69, 9.17) is 0 Å². The molecular weight excluding hydrogens is 443 g/mol. The van der Waals surface area contributed by atoms with Crippen molar-refractivity contribution in [2.24, 2.45) is 5.41 Å². The molecule has 3 rings (SSSR count). The fraction of sp³-hybridized carbons (Fsp3) is 0.318. The van der Waals surface area contributed by atoms with Crippen molar-refractivity contribution < 1.29 is 27.5 Å². The third-order valence-electron chi connectivity index (χ3n) is 4.77. The van der Waals surface area contributed by atoms with Gasteiger partial charge >= 0.3 is 6.36 Å². The first kappa shape index (κ1) is 23.6. The van der Waals surface area contributed by atoms with Crippen molar-refractivity contribution in [3.63, 3.8) is 0 Å². The van der Waals surface area contributed by atoms with Gasteiger partial charge in [0, 0.05) is 13.0 Å². The Balaban J connectivity index is 1.44. The van der Waals surface area contributed by atoms with Gasteiger partial charge in [-0.2, -0.15) is 0 Å². The van der Waals surface area contributed by atoms with Crippen LogP contribution in [0, 0.1) is 12.3 Å². The van der Waals surface area contributed by atoms with Crippen molar-refractivity contribution in [1.29, 1.82) is 0 Å². The molecule has 0 fully saturated rings. The molecule has 6 nitrogen and oxygen atoms in total. The van der Waals surface area contributed by atoms with Crippen molar-refractivity contribution >= 4 is 23.0 Å². The van der Waals surface area contributed by atoms with Crippen LogP contribution in [0.5, 0.6) is 5.75 Å². The maximum atomic E-state index is 12.3. The number of ether oxygens (including phenoxy) is 1. The molecule has 1 amide bonds.